The normalized spacial score (nSPS) is 16.4. The number of hydrogen-bond acceptors (Lipinski definition) is 4. The zero-order valence-corrected chi connectivity index (χ0v) is 13.8. The lowest BCUT2D eigenvalue weighted by atomic mass is 9.93. The molecule has 0 bridgehead atoms. The van der Waals surface area contributed by atoms with Crippen LogP contribution in [0.5, 0.6) is 0 Å². The quantitative estimate of drug-likeness (QED) is 0.839. The topological polar surface area (TPSA) is 75.3 Å². The summed E-state index contributed by atoms with van der Waals surface area (Å²) < 4.78 is 22.4. The van der Waals surface area contributed by atoms with Crippen molar-refractivity contribution in [1.82, 2.24) is 5.32 Å². The lowest BCUT2D eigenvalue weighted by Crippen LogP contribution is -2.28. The first-order valence-corrected chi connectivity index (χ1v) is 9.76. The highest BCUT2D eigenvalue weighted by molar-refractivity contribution is 7.89. The lowest BCUT2D eigenvalue weighted by Gasteiger charge is -2.22. The summed E-state index contributed by atoms with van der Waals surface area (Å²) >= 11 is 0. The predicted octanol–water partition coefficient (Wildman–Crippen LogP) is 1.95. The molecule has 0 saturated carbocycles. The summed E-state index contributed by atoms with van der Waals surface area (Å²) in [6, 6.07) is 6.98. The molecule has 1 aliphatic heterocycles. The smallest absolute Gasteiger partial charge is 0.224 e. The van der Waals surface area contributed by atoms with E-state index < -0.39 is 9.84 Å². The third-order valence-corrected chi connectivity index (χ3v) is 4.76. The number of hydrogen-bond donors (Lipinski definition) is 2. The number of carbonyl (C=O) groups excluding carboxylic acids is 1. The van der Waals surface area contributed by atoms with Gasteiger partial charge in [-0.25, -0.2) is 8.42 Å². The van der Waals surface area contributed by atoms with E-state index in [0.717, 1.165) is 37.9 Å². The third-order valence-electron chi connectivity index (χ3n) is 3.90. The van der Waals surface area contributed by atoms with Crippen LogP contribution in [0.25, 0.3) is 0 Å². The molecule has 6 heteroatoms. The second-order valence-corrected chi connectivity index (χ2v) is 8.19. The van der Waals surface area contributed by atoms with Crippen molar-refractivity contribution in [3.63, 3.8) is 0 Å². The summed E-state index contributed by atoms with van der Waals surface area (Å²) in [5.74, 6) is 0.690. The van der Waals surface area contributed by atoms with Crippen molar-refractivity contribution in [2.45, 2.75) is 31.4 Å². The Morgan fingerprint density at radius 3 is 2.45 bits per heavy atom. The molecule has 1 fully saturated rings. The number of sulfone groups is 1. The van der Waals surface area contributed by atoms with E-state index in [4.69, 9.17) is 0 Å². The van der Waals surface area contributed by atoms with Crippen LogP contribution >= 0.6 is 0 Å². The standard InChI is InChI=1S/C16H24N2O3S/c1-22(20,21)12-14-2-5-15(6-3-14)18-16(19)7-4-13-8-10-17-11-9-13/h2-3,5-6,13,17H,4,7-12H2,1H3,(H,18,19). The molecule has 1 aromatic carbocycles. The van der Waals surface area contributed by atoms with Gasteiger partial charge in [0.2, 0.25) is 5.91 Å². The van der Waals surface area contributed by atoms with E-state index in [1.807, 2.05) is 0 Å². The minimum absolute atomic E-state index is 0.0226. The molecule has 0 aromatic heterocycles. The second kappa shape index (κ2) is 7.74. The van der Waals surface area contributed by atoms with Gasteiger partial charge in [-0.15, -0.1) is 0 Å². The summed E-state index contributed by atoms with van der Waals surface area (Å²) in [6.45, 7) is 2.10. The number of amides is 1. The van der Waals surface area contributed by atoms with Crippen LogP contribution in [0.2, 0.25) is 0 Å². The molecule has 1 aromatic rings. The van der Waals surface area contributed by atoms with Crippen LogP contribution in [0.4, 0.5) is 5.69 Å². The van der Waals surface area contributed by atoms with Crippen LogP contribution in [0.15, 0.2) is 24.3 Å². The Bertz CT molecular complexity index is 590. The maximum atomic E-state index is 11.9. The van der Waals surface area contributed by atoms with Crippen molar-refractivity contribution < 1.29 is 13.2 Å². The fourth-order valence-electron chi connectivity index (χ4n) is 2.72. The Labute approximate surface area is 132 Å². The van der Waals surface area contributed by atoms with Gasteiger partial charge in [0, 0.05) is 18.4 Å². The summed E-state index contributed by atoms with van der Waals surface area (Å²) in [5.41, 5.74) is 1.45. The zero-order chi connectivity index (χ0) is 16.0. The van der Waals surface area contributed by atoms with Crippen LogP contribution in [0.3, 0.4) is 0 Å². The van der Waals surface area contributed by atoms with Gasteiger partial charge in [0.15, 0.2) is 9.84 Å². The summed E-state index contributed by atoms with van der Waals surface area (Å²) in [7, 11) is -3.03. The van der Waals surface area contributed by atoms with Crippen molar-refractivity contribution in [2.24, 2.45) is 5.92 Å². The molecule has 0 atom stereocenters. The Morgan fingerprint density at radius 1 is 1.23 bits per heavy atom. The minimum atomic E-state index is -3.03. The molecule has 0 spiro atoms. The van der Waals surface area contributed by atoms with Gasteiger partial charge >= 0.3 is 0 Å². The molecule has 5 nitrogen and oxygen atoms in total. The highest BCUT2D eigenvalue weighted by Gasteiger charge is 2.14. The molecular formula is C16H24N2O3S. The third kappa shape index (κ3) is 6.15. The first-order valence-electron chi connectivity index (χ1n) is 7.69. The Balaban J connectivity index is 1.78. The average molecular weight is 324 g/mol. The van der Waals surface area contributed by atoms with E-state index in [9.17, 15) is 13.2 Å². The number of benzene rings is 1. The fourth-order valence-corrected chi connectivity index (χ4v) is 3.51. The molecule has 0 unspecified atom stereocenters. The van der Waals surface area contributed by atoms with Crippen molar-refractivity contribution >= 4 is 21.4 Å². The van der Waals surface area contributed by atoms with E-state index >= 15 is 0 Å². The predicted molar refractivity (Wildman–Crippen MR) is 88.4 cm³/mol. The number of rotatable bonds is 6. The molecule has 0 aliphatic carbocycles. The number of piperidine rings is 1. The Kier molecular flexibility index (Phi) is 5.97. The monoisotopic (exact) mass is 324 g/mol. The molecule has 1 heterocycles. The van der Waals surface area contributed by atoms with Gasteiger partial charge in [-0.1, -0.05) is 12.1 Å². The molecule has 1 amide bonds. The largest absolute Gasteiger partial charge is 0.326 e. The van der Waals surface area contributed by atoms with Crippen LogP contribution < -0.4 is 10.6 Å². The van der Waals surface area contributed by atoms with Gasteiger partial charge in [-0.3, -0.25) is 4.79 Å². The number of nitrogens with one attached hydrogen (secondary N) is 2. The van der Waals surface area contributed by atoms with E-state index in [2.05, 4.69) is 10.6 Å². The summed E-state index contributed by atoms with van der Waals surface area (Å²) in [6.07, 6.45) is 4.97. The van der Waals surface area contributed by atoms with Crippen molar-refractivity contribution in [3.05, 3.63) is 29.8 Å². The van der Waals surface area contributed by atoms with Crippen LogP contribution in [0.1, 0.15) is 31.2 Å². The minimum Gasteiger partial charge on any atom is -0.326 e. The Morgan fingerprint density at radius 2 is 1.86 bits per heavy atom. The van der Waals surface area contributed by atoms with E-state index in [-0.39, 0.29) is 11.7 Å². The van der Waals surface area contributed by atoms with Crippen molar-refractivity contribution in [2.75, 3.05) is 24.7 Å². The van der Waals surface area contributed by atoms with Crippen molar-refractivity contribution in [3.8, 4) is 0 Å². The van der Waals surface area contributed by atoms with Crippen LogP contribution in [0, 0.1) is 5.92 Å². The van der Waals surface area contributed by atoms with E-state index in [0.29, 0.717) is 18.0 Å². The number of carbonyl (C=O) groups is 1. The van der Waals surface area contributed by atoms with Gasteiger partial charge in [0.25, 0.3) is 0 Å². The molecule has 1 saturated heterocycles. The Hall–Kier alpha value is -1.40. The molecule has 22 heavy (non-hydrogen) atoms. The van der Waals surface area contributed by atoms with Gasteiger partial charge in [0.1, 0.15) is 0 Å². The van der Waals surface area contributed by atoms with Crippen LogP contribution in [-0.2, 0) is 20.4 Å². The zero-order valence-electron chi connectivity index (χ0n) is 13.0. The molecule has 2 rings (SSSR count). The highest BCUT2D eigenvalue weighted by atomic mass is 32.2. The first kappa shape index (κ1) is 17.0. The lowest BCUT2D eigenvalue weighted by molar-refractivity contribution is -0.116. The average Bonchev–Trinajstić information content (AvgIpc) is 2.47. The molecule has 2 N–H and O–H groups in total. The molecule has 1 aliphatic rings. The summed E-state index contributed by atoms with van der Waals surface area (Å²) in [5, 5.41) is 6.19. The number of anilines is 1. The van der Waals surface area contributed by atoms with Crippen molar-refractivity contribution in [1.29, 1.82) is 0 Å². The second-order valence-electron chi connectivity index (χ2n) is 6.05. The van der Waals surface area contributed by atoms with Crippen LogP contribution in [-0.4, -0.2) is 33.7 Å². The molecule has 122 valence electrons. The summed E-state index contributed by atoms with van der Waals surface area (Å²) in [4.78, 5) is 11.9. The maximum Gasteiger partial charge on any atom is 0.224 e. The van der Waals surface area contributed by atoms with E-state index in [1.165, 1.54) is 6.26 Å². The van der Waals surface area contributed by atoms with Gasteiger partial charge in [-0.05, 0) is 56.0 Å². The van der Waals surface area contributed by atoms with Gasteiger partial charge in [-0.2, -0.15) is 0 Å². The molecular weight excluding hydrogens is 300 g/mol. The first-order chi connectivity index (χ1) is 10.4. The highest BCUT2D eigenvalue weighted by Crippen LogP contribution is 2.18. The molecule has 0 radical (unpaired) electrons. The van der Waals surface area contributed by atoms with Gasteiger partial charge < -0.3 is 10.6 Å². The maximum absolute atomic E-state index is 11.9. The fraction of sp³-hybridized carbons (Fsp3) is 0.562. The van der Waals surface area contributed by atoms with Gasteiger partial charge in [0.05, 0.1) is 5.75 Å². The van der Waals surface area contributed by atoms with E-state index in [1.54, 1.807) is 24.3 Å². The SMILES string of the molecule is CS(=O)(=O)Cc1ccc(NC(=O)CCC2CCNCC2)cc1.